The molecule has 1 fully saturated rings. The van der Waals surface area contributed by atoms with Crippen LogP contribution in [0.5, 0.6) is 0 Å². The van der Waals surface area contributed by atoms with Crippen molar-refractivity contribution in [3.8, 4) is 11.3 Å². The standard InChI is InChI=1S/C29H36N6O2/c1-5-7-19(6-2)18-24(31-3)33-29(36)22-10-8-20(9-11-22)25-26-27(30)32-16-17-35(26)28(34-25)21-12-14-23(37-4)15-13-21/h6,8-11,16-18,21,23H,2,5,7,12-15H2,1,3-4H3,(H2,30,32)(H,31,33,36)/b19-18+. The average Bonchev–Trinajstić information content (AvgIpc) is 3.33. The molecule has 3 N–H and O–H groups in total. The van der Waals surface area contributed by atoms with E-state index in [0.29, 0.717) is 29.2 Å². The van der Waals surface area contributed by atoms with Gasteiger partial charge in [-0.15, -0.1) is 0 Å². The number of aromatic nitrogens is 3. The molecule has 1 amide bonds. The fourth-order valence-electron chi connectivity index (χ4n) is 4.95. The minimum atomic E-state index is -0.227. The lowest BCUT2D eigenvalue weighted by Gasteiger charge is -2.26. The summed E-state index contributed by atoms with van der Waals surface area (Å²) in [5.74, 6) is 2.03. The van der Waals surface area contributed by atoms with Crippen LogP contribution < -0.4 is 11.1 Å². The Kier molecular flexibility index (Phi) is 8.50. The number of fused-ring (bicyclic) bond motifs is 1. The molecule has 0 saturated heterocycles. The van der Waals surface area contributed by atoms with Gasteiger partial charge >= 0.3 is 0 Å². The van der Waals surface area contributed by atoms with Gasteiger partial charge in [0.2, 0.25) is 0 Å². The summed E-state index contributed by atoms with van der Waals surface area (Å²) < 4.78 is 7.62. The van der Waals surface area contributed by atoms with Gasteiger partial charge in [-0.05, 0) is 55.9 Å². The Bertz CT molecular complexity index is 1310. The molecular weight excluding hydrogens is 464 g/mol. The molecule has 1 saturated carbocycles. The molecule has 0 radical (unpaired) electrons. The zero-order valence-electron chi connectivity index (χ0n) is 21.9. The number of benzene rings is 1. The minimum Gasteiger partial charge on any atom is -0.382 e. The summed E-state index contributed by atoms with van der Waals surface area (Å²) in [6, 6.07) is 7.40. The second-order valence-electron chi connectivity index (χ2n) is 9.37. The third-order valence-corrected chi connectivity index (χ3v) is 7.01. The van der Waals surface area contributed by atoms with Crippen molar-refractivity contribution in [2.45, 2.75) is 57.5 Å². The van der Waals surface area contributed by atoms with E-state index in [4.69, 9.17) is 15.5 Å². The van der Waals surface area contributed by atoms with Crippen LogP contribution in [0.3, 0.4) is 0 Å². The van der Waals surface area contributed by atoms with E-state index >= 15 is 0 Å². The quantitative estimate of drug-likeness (QED) is 0.247. The molecule has 8 nitrogen and oxygen atoms in total. The second kappa shape index (κ2) is 12.0. The van der Waals surface area contributed by atoms with Crippen molar-refractivity contribution >= 4 is 23.1 Å². The number of nitrogens with one attached hydrogen (secondary N) is 1. The molecule has 194 valence electrons. The number of aliphatic imine (C=N–C) groups is 1. The topological polar surface area (TPSA) is 107 Å². The Hall–Kier alpha value is -3.78. The lowest BCUT2D eigenvalue weighted by Crippen LogP contribution is -2.29. The molecular formula is C29H36N6O2. The monoisotopic (exact) mass is 500 g/mol. The van der Waals surface area contributed by atoms with Crippen LogP contribution in [0, 0.1) is 0 Å². The molecule has 2 aromatic heterocycles. The van der Waals surface area contributed by atoms with Crippen molar-refractivity contribution in [2.75, 3.05) is 19.9 Å². The largest absolute Gasteiger partial charge is 0.382 e. The van der Waals surface area contributed by atoms with Crippen LogP contribution in [0.2, 0.25) is 0 Å². The minimum absolute atomic E-state index is 0.227. The fraction of sp³-hybridized carbons (Fsp3) is 0.379. The number of carbonyl (C=O) groups is 1. The first-order valence-electron chi connectivity index (χ1n) is 12.9. The van der Waals surface area contributed by atoms with Crippen LogP contribution in [-0.2, 0) is 4.74 Å². The van der Waals surface area contributed by atoms with Gasteiger partial charge in [-0.25, -0.2) is 9.97 Å². The summed E-state index contributed by atoms with van der Waals surface area (Å²) in [4.78, 5) is 26.5. The maximum Gasteiger partial charge on any atom is 0.256 e. The number of anilines is 1. The average molecular weight is 501 g/mol. The predicted molar refractivity (Wildman–Crippen MR) is 149 cm³/mol. The third-order valence-electron chi connectivity index (χ3n) is 7.01. The number of allylic oxidation sites excluding steroid dienone is 2. The lowest BCUT2D eigenvalue weighted by atomic mass is 9.87. The van der Waals surface area contributed by atoms with Gasteiger partial charge in [-0.2, -0.15) is 0 Å². The lowest BCUT2D eigenvalue weighted by molar-refractivity contribution is 0.0650. The smallest absolute Gasteiger partial charge is 0.256 e. The second-order valence-corrected chi connectivity index (χ2v) is 9.37. The third kappa shape index (κ3) is 5.80. The van der Waals surface area contributed by atoms with Crippen molar-refractivity contribution in [2.24, 2.45) is 4.99 Å². The van der Waals surface area contributed by atoms with Crippen LogP contribution in [0.1, 0.15) is 67.5 Å². The Balaban J connectivity index is 1.59. The van der Waals surface area contributed by atoms with Crippen molar-refractivity contribution in [3.05, 3.63) is 72.4 Å². The van der Waals surface area contributed by atoms with Crippen LogP contribution in [0.4, 0.5) is 5.82 Å². The molecule has 1 aliphatic rings. The van der Waals surface area contributed by atoms with Crippen LogP contribution in [0.15, 0.2) is 66.0 Å². The van der Waals surface area contributed by atoms with Gasteiger partial charge < -0.3 is 15.8 Å². The highest BCUT2D eigenvalue weighted by Gasteiger charge is 2.27. The first-order chi connectivity index (χ1) is 18.0. The molecule has 0 atom stereocenters. The van der Waals surface area contributed by atoms with Gasteiger partial charge in [-0.3, -0.25) is 14.2 Å². The van der Waals surface area contributed by atoms with Crippen molar-refractivity contribution in [1.82, 2.24) is 19.7 Å². The Morgan fingerprint density at radius 2 is 2.00 bits per heavy atom. The molecule has 0 aliphatic heterocycles. The van der Waals surface area contributed by atoms with E-state index in [-0.39, 0.29) is 5.91 Å². The Morgan fingerprint density at radius 1 is 1.27 bits per heavy atom. The number of amidine groups is 1. The van der Waals surface area contributed by atoms with E-state index in [1.54, 1.807) is 38.6 Å². The van der Waals surface area contributed by atoms with E-state index in [0.717, 1.165) is 66.7 Å². The number of hydrogen-bond acceptors (Lipinski definition) is 6. The Labute approximate surface area is 218 Å². The number of amides is 1. The molecule has 3 aromatic rings. The Morgan fingerprint density at radius 3 is 2.62 bits per heavy atom. The summed E-state index contributed by atoms with van der Waals surface area (Å²) in [5.41, 5.74) is 10.3. The SMILES string of the molecule is C=C/C(=C\C(=NC)NC(=O)c1ccc(-c2nc(C3CCC(OC)CC3)n3ccnc(N)c23)cc1)CCC. The molecule has 2 heterocycles. The molecule has 1 aliphatic carbocycles. The van der Waals surface area contributed by atoms with Crippen molar-refractivity contribution < 1.29 is 9.53 Å². The van der Waals surface area contributed by atoms with Crippen LogP contribution in [-0.4, -0.2) is 46.4 Å². The molecule has 8 heteroatoms. The number of nitrogens with zero attached hydrogens (tertiary/aromatic N) is 4. The zero-order chi connectivity index (χ0) is 26.4. The molecule has 37 heavy (non-hydrogen) atoms. The number of nitrogens with two attached hydrogens (primary N) is 1. The number of ether oxygens (including phenoxy) is 1. The summed E-state index contributed by atoms with van der Waals surface area (Å²) in [7, 11) is 3.44. The highest BCUT2D eigenvalue weighted by molar-refractivity contribution is 6.10. The van der Waals surface area contributed by atoms with E-state index in [9.17, 15) is 4.79 Å². The summed E-state index contributed by atoms with van der Waals surface area (Å²) in [5, 5.41) is 2.89. The number of rotatable bonds is 8. The normalized spacial score (nSPS) is 18.7. The van der Waals surface area contributed by atoms with E-state index in [1.807, 2.05) is 24.4 Å². The molecule has 0 spiro atoms. The number of hydrogen-bond donors (Lipinski definition) is 2. The number of nitrogen functional groups attached to an aromatic ring is 1. The summed E-state index contributed by atoms with van der Waals surface area (Å²) >= 11 is 0. The van der Waals surface area contributed by atoms with E-state index in [2.05, 4.69) is 33.2 Å². The van der Waals surface area contributed by atoms with Crippen molar-refractivity contribution in [1.29, 1.82) is 0 Å². The molecule has 0 unspecified atom stereocenters. The first kappa shape index (κ1) is 26.3. The number of methoxy groups -OCH3 is 1. The van der Waals surface area contributed by atoms with Gasteiger partial charge in [0, 0.05) is 43.6 Å². The van der Waals surface area contributed by atoms with Gasteiger partial charge in [0.25, 0.3) is 5.91 Å². The molecule has 0 bridgehead atoms. The van der Waals surface area contributed by atoms with E-state index in [1.165, 1.54) is 0 Å². The molecule has 1 aromatic carbocycles. The van der Waals surface area contributed by atoms with Crippen LogP contribution in [0.25, 0.3) is 16.8 Å². The first-order valence-corrected chi connectivity index (χ1v) is 12.9. The van der Waals surface area contributed by atoms with Gasteiger partial charge in [0.05, 0.1) is 6.10 Å². The zero-order valence-corrected chi connectivity index (χ0v) is 21.9. The summed E-state index contributed by atoms with van der Waals surface area (Å²) in [6.45, 7) is 5.95. The van der Waals surface area contributed by atoms with Gasteiger partial charge in [0.15, 0.2) is 0 Å². The van der Waals surface area contributed by atoms with Crippen molar-refractivity contribution in [3.63, 3.8) is 0 Å². The predicted octanol–water partition coefficient (Wildman–Crippen LogP) is 5.32. The summed E-state index contributed by atoms with van der Waals surface area (Å²) in [6.07, 6.45) is 13.5. The van der Waals surface area contributed by atoms with E-state index < -0.39 is 0 Å². The van der Waals surface area contributed by atoms with Gasteiger partial charge in [-0.1, -0.05) is 38.1 Å². The highest BCUT2D eigenvalue weighted by Crippen LogP contribution is 2.37. The maximum absolute atomic E-state index is 12.9. The molecule has 4 rings (SSSR count). The van der Waals surface area contributed by atoms with Gasteiger partial charge in [0.1, 0.15) is 28.7 Å². The number of carbonyl (C=O) groups excluding carboxylic acids is 1. The number of imidazole rings is 1. The maximum atomic E-state index is 12.9. The van der Waals surface area contributed by atoms with Crippen LogP contribution >= 0.6 is 0 Å². The highest BCUT2D eigenvalue weighted by atomic mass is 16.5. The fourth-order valence-corrected chi connectivity index (χ4v) is 4.95.